The lowest BCUT2D eigenvalue weighted by Crippen LogP contribution is -2.22. The molecule has 0 unspecified atom stereocenters. The number of aromatic nitrogens is 3. The predicted molar refractivity (Wildman–Crippen MR) is 92.7 cm³/mol. The van der Waals surface area contributed by atoms with Gasteiger partial charge in [0.15, 0.2) is 11.3 Å². The largest absolute Gasteiger partial charge is 0.455 e. The average Bonchev–Trinajstić information content (AvgIpc) is 2.69. The zero-order valence-electron chi connectivity index (χ0n) is 13.3. The highest BCUT2D eigenvalue weighted by atomic mass is 16.5. The number of para-hydroxylation sites is 1. The maximum atomic E-state index is 12.9. The van der Waals surface area contributed by atoms with E-state index in [1.54, 1.807) is 48.5 Å². The van der Waals surface area contributed by atoms with Crippen molar-refractivity contribution < 1.29 is 13.9 Å². The SMILES string of the molecule is O=C(Oc1ncncn1)c1c(-c2ccccc2)oc2ccccc2c1=O. The van der Waals surface area contributed by atoms with Crippen molar-refractivity contribution in [2.45, 2.75) is 0 Å². The number of ether oxygens (including phenoxy) is 1. The lowest BCUT2D eigenvalue weighted by Gasteiger charge is -2.09. The minimum atomic E-state index is -0.894. The van der Waals surface area contributed by atoms with Gasteiger partial charge in [0.05, 0.1) is 5.39 Å². The van der Waals surface area contributed by atoms with Crippen LogP contribution in [0.15, 0.2) is 76.5 Å². The second-order valence-electron chi connectivity index (χ2n) is 5.31. The molecule has 7 nitrogen and oxygen atoms in total. The van der Waals surface area contributed by atoms with Gasteiger partial charge in [-0.15, -0.1) is 0 Å². The second kappa shape index (κ2) is 6.56. The average molecular weight is 345 g/mol. The third-order valence-corrected chi connectivity index (χ3v) is 3.69. The van der Waals surface area contributed by atoms with Gasteiger partial charge in [-0.25, -0.2) is 9.78 Å². The van der Waals surface area contributed by atoms with Crippen LogP contribution < -0.4 is 10.2 Å². The first-order chi connectivity index (χ1) is 12.7. The molecule has 0 saturated carbocycles. The van der Waals surface area contributed by atoms with Gasteiger partial charge in [-0.1, -0.05) is 42.5 Å². The maximum Gasteiger partial charge on any atom is 0.353 e. The van der Waals surface area contributed by atoms with Crippen molar-refractivity contribution in [1.29, 1.82) is 0 Å². The molecule has 126 valence electrons. The third-order valence-electron chi connectivity index (χ3n) is 3.69. The fourth-order valence-electron chi connectivity index (χ4n) is 2.54. The lowest BCUT2D eigenvalue weighted by atomic mass is 10.0. The number of fused-ring (bicyclic) bond motifs is 1. The minimum Gasteiger partial charge on any atom is -0.455 e. The molecule has 2 aromatic heterocycles. The summed E-state index contributed by atoms with van der Waals surface area (Å²) in [6, 6.07) is 15.4. The van der Waals surface area contributed by atoms with Crippen LogP contribution in [0.3, 0.4) is 0 Å². The standard InChI is InChI=1S/C19H11N3O4/c23-16-13-8-4-5-9-14(13)25-17(12-6-2-1-3-7-12)15(16)18(24)26-19-21-10-20-11-22-19/h1-11H. The molecular weight excluding hydrogens is 334 g/mol. The molecule has 0 amide bonds. The van der Waals surface area contributed by atoms with E-state index in [9.17, 15) is 9.59 Å². The van der Waals surface area contributed by atoms with Crippen LogP contribution in [0.1, 0.15) is 10.4 Å². The Morgan fingerprint density at radius 2 is 1.62 bits per heavy atom. The number of benzene rings is 2. The van der Waals surface area contributed by atoms with Gasteiger partial charge in [0, 0.05) is 5.56 Å². The summed E-state index contributed by atoms with van der Waals surface area (Å²) in [6.07, 6.45) is 2.38. The molecule has 0 aliphatic heterocycles. The van der Waals surface area contributed by atoms with Crippen molar-refractivity contribution in [2.75, 3.05) is 0 Å². The van der Waals surface area contributed by atoms with Gasteiger partial charge in [0.2, 0.25) is 5.43 Å². The van der Waals surface area contributed by atoms with Crippen LogP contribution in [0.25, 0.3) is 22.3 Å². The van der Waals surface area contributed by atoms with Crippen molar-refractivity contribution in [3.63, 3.8) is 0 Å². The predicted octanol–water partition coefficient (Wildman–Crippen LogP) is 2.86. The molecule has 0 saturated heterocycles. The van der Waals surface area contributed by atoms with Crippen molar-refractivity contribution in [3.8, 4) is 17.3 Å². The second-order valence-corrected chi connectivity index (χ2v) is 5.31. The van der Waals surface area contributed by atoms with Crippen molar-refractivity contribution in [1.82, 2.24) is 15.0 Å². The van der Waals surface area contributed by atoms with E-state index in [-0.39, 0.29) is 22.7 Å². The maximum absolute atomic E-state index is 12.9. The van der Waals surface area contributed by atoms with Crippen LogP contribution in [-0.4, -0.2) is 20.9 Å². The number of carbonyl (C=O) groups excluding carboxylic acids is 1. The van der Waals surface area contributed by atoms with E-state index < -0.39 is 11.4 Å². The molecule has 0 aliphatic carbocycles. The Hall–Kier alpha value is -3.87. The summed E-state index contributed by atoms with van der Waals surface area (Å²) in [5, 5.41) is 0.287. The normalized spacial score (nSPS) is 10.6. The smallest absolute Gasteiger partial charge is 0.353 e. The molecule has 0 atom stereocenters. The molecule has 0 aliphatic rings. The monoisotopic (exact) mass is 345 g/mol. The van der Waals surface area contributed by atoms with E-state index in [0.29, 0.717) is 11.1 Å². The molecule has 2 heterocycles. The molecule has 26 heavy (non-hydrogen) atoms. The van der Waals surface area contributed by atoms with Gasteiger partial charge in [-0.3, -0.25) is 4.79 Å². The highest BCUT2D eigenvalue weighted by Gasteiger charge is 2.24. The molecule has 0 bridgehead atoms. The fourth-order valence-corrected chi connectivity index (χ4v) is 2.54. The molecule has 2 aromatic carbocycles. The summed E-state index contributed by atoms with van der Waals surface area (Å²) in [5.74, 6) is -0.761. The number of rotatable bonds is 3. The minimum absolute atomic E-state index is 0.133. The van der Waals surface area contributed by atoms with Crippen LogP contribution in [0.5, 0.6) is 6.01 Å². The molecule has 0 fully saturated rings. The lowest BCUT2D eigenvalue weighted by molar-refractivity contribution is 0.0717. The van der Waals surface area contributed by atoms with Crippen LogP contribution in [0.4, 0.5) is 0 Å². The Morgan fingerprint density at radius 1 is 0.923 bits per heavy atom. The first-order valence-electron chi connectivity index (χ1n) is 7.69. The highest BCUT2D eigenvalue weighted by Crippen LogP contribution is 2.26. The quantitative estimate of drug-likeness (QED) is 0.527. The van der Waals surface area contributed by atoms with Crippen LogP contribution in [-0.2, 0) is 0 Å². The van der Waals surface area contributed by atoms with Gasteiger partial charge in [0.25, 0.3) is 0 Å². The molecule has 4 aromatic rings. The Labute approximate surface area is 146 Å². The zero-order valence-corrected chi connectivity index (χ0v) is 13.3. The Balaban J connectivity index is 1.93. The van der Waals surface area contributed by atoms with E-state index in [4.69, 9.17) is 9.15 Å². The number of esters is 1. The summed E-state index contributed by atoms with van der Waals surface area (Å²) >= 11 is 0. The van der Waals surface area contributed by atoms with Gasteiger partial charge in [-0.2, -0.15) is 9.97 Å². The molecule has 4 rings (SSSR count). The molecule has 0 spiro atoms. The molecule has 0 radical (unpaired) electrons. The van der Waals surface area contributed by atoms with Gasteiger partial charge in [-0.05, 0) is 12.1 Å². The van der Waals surface area contributed by atoms with Gasteiger partial charge >= 0.3 is 12.0 Å². The van der Waals surface area contributed by atoms with E-state index in [1.807, 2.05) is 6.07 Å². The summed E-state index contributed by atoms with van der Waals surface area (Å²) in [5.41, 5.74) is 0.270. The van der Waals surface area contributed by atoms with E-state index in [0.717, 1.165) is 0 Å². The Morgan fingerprint density at radius 3 is 2.38 bits per heavy atom. The van der Waals surface area contributed by atoms with Crippen LogP contribution >= 0.6 is 0 Å². The van der Waals surface area contributed by atoms with Gasteiger partial charge < -0.3 is 9.15 Å². The number of nitrogens with zero attached hydrogens (tertiary/aromatic N) is 3. The summed E-state index contributed by atoms with van der Waals surface area (Å²) in [7, 11) is 0. The highest BCUT2D eigenvalue weighted by molar-refractivity contribution is 5.99. The first kappa shape index (κ1) is 15.6. The Bertz CT molecular complexity index is 1140. The first-order valence-corrected chi connectivity index (χ1v) is 7.69. The van der Waals surface area contributed by atoms with E-state index >= 15 is 0 Å². The van der Waals surface area contributed by atoms with Gasteiger partial charge in [0.1, 0.15) is 18.2 Å². The topological polar surface area (TPSA) is 95.2 Å². The summed E-state index contributed by atoms with van der Waals surface area (Å²) in [4.78, 5) is 36.8. The number of hydrogen-bond acceptors (Lipinski definition) is 7. The van der Waals surface area contributed by atoms with Crippen LogP contribution in [0.2, 0.25) is 0 Å². The molecule has 7 heteroatoms. The van der Waals surface area contributed by atoms with E-state index in [1.165, 1.54) is 12.7 Å². The van der Waals surface area contributed by atoms with Crippen molar-refractivity contribution >= 4 is 16.9 Å². The van der Waals surface area contributed by atoms with E-state index in [2.05, 4.69) is 15.0 Å². The summed E-state index contributed by atoms with van der Waals surface area (Å²) < 4.78 is 11.0. The third kappa shape index (κ3) is 2.82. The Kier molecular flexibility index (Phi) is 3.95. The fraction of sp³-hybridized carbons (Fsp3) is 0. The number of hydrogen-bond donors (Lipinski definition) is 0. The molecular formula is C19H11N3O4. The van der Waals surface area contributed by atoms with Crippen LogP contribution in [0, 0.1) is 0 Å². The zero-order chi connectivity index (χ0) is 17.9. The molecule has 0 N–H and O–H groups in total. The number of carbonyl (C=O) groups is 1. The summed E-state index contributed by atoms with van der Waals surface area (Å²) in [6.45, 7) is 0. The van der Waals surface area contributed by atoms with Crippen molar-refractivity contribution in [2.24, 2.45) is 0 Å². The van der Waals surface area contributed by atoms with Crippen molar-refractivity contribution in [3.05, 3.63) is 83.0 Å².